The molecule has 0 N–H and O–H groups in total. The SMILES string of the molecule is Cc1ccccn(C(C)C)cnc1C. The van der Waals surface area contributed by atoms with E-state index in [2.05, 4.69) is 36.4 Å². The Morgan fingerprint density at radius 1 is 1.21 bits per heavy atom. The Kier molecular flexibility index (Phi) is 3.69. The van der Waals surface area contributed by atoms with Crippen LogP contribution in [0, 0.1) is 13.8 Å². The number of hydrogen-bond acceptors (Lipinski definition) is 1. The van der Waals surface area contributed by atoms with Crippen molar-refractivity contribution >= 4 is 0 Å². The van der Waals surface area contributed by atoms with Gasteiger partial charge in [-0.25, -0.2) is 4.98 Å². The molecular formula is C12H18N2. The van der Waals surface area contributed by atoms with Crippen molar-refractivity contribution in [2.24, 2.45) is 0 Å². The lowest BCUT2D eigenvalue weighted by Crippen LogP contribution is -1.99. The Balaban J connectivity index is 3.31. The smallest absolute Gasteiger partial charge is 0.0950 e. The summed E-state index contributed by atoms with van der Waals surface area (Å²) in [6, 6.07) is 6.60. The standard InChI is InChI=1S/C12H18N2/c1-10(2)14-8-6-5-7-11(3)12(4)13-9-14/h5-10H,1-4H3. The highest BCUT2D eigenvalue weighted by molar-refractivity contribution is 5.13. The van der Waals surface area contributed by atoms with Crippen molar-refractivity contribution in [1.29, 1.82) is 0 Å². The first kappa shape index (κ1) is 10.8. The zero-order valence-electron chi connectivity index (χ0n) is 9.36. The van der Waals surface area contributed by atoms with Crippen molar-refractivity contribution in [3.63, 3.8) is 0 Å². The molecule has 2 heteroatoms. The monoisotopic (exact) mass is 190 g/mol. The van der Waals surface area contributed by atoms with Crippen LogP contribution in [0.3, 0.4) is 0 Å². The van der Waals surface area contributed by atoms with E-state index in [1.807, 2.05) is 31.6 Å². The number of nitrogens with zero attached hydrogens (tertiary/aromatic N) is 2. The third-order valence-corrected chi connectivity index (χ3v) is 2.27. The number of aromatic nitrogens is 2. The topological polar surface area (TPSA) is 17.8 Å². The summed E-state index contributed by atoms with van der Waals surface area (Å²) >= 11 is 0. The third-order valence-electron chi connectivity index (χ3n) is 2.27. The highest BCUT2D eigenvalue weighted by atomic mass is 15.0. The van der Waals surface area contributed by atoms with Gasteiger partial charge >= 0.3 is 0 Å². The van der Waals surface area contributed by atoms with E-state index in [4.69, 9.17) is 0 Å². The second-order valence-electron chi connectivity index (χ2n) is 3.75. The Bertz CT molecular complexity index is 349. The number of hydrogen-bond donors (Lipinski definition) is 0. The van der Waals surface area contributed by atoms with E-state index in [1.54, 1.807) is 0 Å². The van der Waals surface area contributed by atoms with Crippen LogP contribution < -0.4 is 0 Å². The van der Waals surface area contributed by atoms with Crippen LogP contribution >= 0.6 is 0 Å². The molecule has 0 atom stereocenters. The van der Waals surface area contributed by atoms with Gasteiger partial charge in [0.1, 0.15) is 0 Å². The predicted molar refractivity (Wildman–Crippen MR) is 59.7 cm³/mol. The van der Waals surface area contributed by atoms with E-state index in [9.17, 15) is 0 Å². The van der Waals surface area contributed by atoms with E-state index < -0.39 is 0 Å². The maximum absolute atomic E-state index is 4.41. The molecule has 0 aliphatic heterocycles. The summed E-state index contributed by atoms with van der Waals surface area (Å²) in [5, 5.41) is 0. The Labute approximate surface area is 85.9 Å². The van der Waals surface area contributed by atoms with E-state index in [0.717, 1.165) is 5.69 Å². The molecule has 0 radical (unpaired) electrons. The summed E-state index contributed by atoms with van der Waals surface area (Å²) < 4.78 is 2.09. The molecule has 76 valence electrons. The summed E-state index contributed by atoms with van der Waals surface area (Å²) in [6.45, 7) is 8.38. The molecule has 0 saturated heterocycles. The van der Waals surface area contributed by atoms with Gasteiger partial charge in [-0.2, -0.15) is 0 Å². The maximum Gasteiger partial charge on any atom is 0.0950 e. The zero-order chi connectivity index (χ0) is 10.6. The number of rotatable bonds is 1. The summed E-state index contributed by atoms with van der Waals surface area (Å²) in [7, 11) is 0. The van der Waals surface area contributed by atoms with Crippen LogP contribution in [0.1, 0.15) is 31.1 Å². The van der Waals surface area contributed by atoms with Gasteiger partial charge in [-0.1, -0.05) is 12.1 Å². The van der Waals surface area contributed by atoms with Crippen LogP contribution in [-0.4, -0.2) is 9.55 Å². The molecule has 0 spiro atoms. The fourth-order valence-corrected chi connectivity index (χ4v) is 1.07. The largest absolute Gasteiger partial charge is 0.337 e. The molecular weight excluding hydrogens is 172 g/mol. The lowest BCUT2D eigenvalue weighted by molar-refractivity contribution is 0.588. The molecule has 1 rings (SSSR count). The summed E-state index contributed by atoms with van der Waals surface area (Å²) in [4.78, 5) is 4.41. The normalized spacial score (nSPS) is 10.1. The fourth-order valence-electron chi connectivity index (χ4n) is 1.07. The molecule has 1 aromatic heterocycles. The average Bonchev–Trinajstić information content (AvgIpc) is 2.20. The Morgan fingerprint density at radius 2 is 1.93 bits per heavy atom. The van der Waals surface area contributed by atoms with E-state index in [0.29, 0.717) is 6.04 Å². The van der Waals surface area contributed by atoms with Crippen LogP contribution in [0.25, 0.3) is 0 Å². The van der Waals surface area contributed by atoms with Crippen molar-refractivity contribution in [3.8, 4) is 0 Å². The highest BCUT2D eigenvalue weighted by Crippen LogP contribution is 2.02. The molecule has 0 fully saturated rings. The first-order chi connectivity index (χ1) is 6.61. The Hall–Kier alpha value is -1.31. The van der Waals surface area contributed by atoms with E-state index in [1.165, 1.54) is 5.56 Å². The van der Waals surface area contributed by atoms with Gasteiger partial charge in [0.2, 0.25) is 0 Å². The van der Waals surface area contributed by atoms with Gasteiger partial charge < -0.3 is 4.57 Å². The quantitative estimate of drug-likeness (QED) is 0.665. The van der Waals surface area contributed by atoms with Gasteiger partial charge in [-0.05, 0) is 39.3 Å². The first-order valence-electron chi connectivity index (χ1n) is 4.95. The van der Waals surface area contributed by atoms with Gasteiger partial charge in [0.15, 0.2) is 0 Å². The van der Waals surface area contributed by atoms with Crippen LogP contribution in [0.2, 0.25) is 0 Å². The van der Waals surface area contributed by atoms with Crippen LogP contribution in [0.15, 0.2) is 30.7 Å². The predicted octanol–water partition coefficient (Wildman–Crippen LogP) is 3.21. The molecule has 2 nitrogen and oxygen atoms in total. The third kappa shape index (κ3) is 2.87. The molecule has 0 amide bonds. The lowest BCUT2D eigenvalue weighted by Gasteiger charge is -2.06. The van der Waals surface area contributed by atoms with Crippen LogP contribution in [-0.2, 0) is 0 Å². The van der Waals surface area contributed by atoms with Crippen molar-refractivity contribution < 1.29 is 0 Å². The molecule has 0 saturated carbocycles. The maximum atomic E-state index is 4.41. The van der Waals surface area contributed by atoms with Gasteiger partial charge in [-0.3, -0.25) is 0 Å². The highest BCUT2D eigenvalue weighted by Gasteiger charge is 1.91. The molecule has 0 unspecified atom stereocenters. The van der Waals surface area contributed by atoms with Crippen molar-refractivity contribution in [2.45, 2.75) is 33.7 Å². The van der Waals surface area contributed by atoms with Crippen molar-refractivity contribution in [1.82, 2.24) is 9.55 Å². The minimum absolute atomic E-state index is 0.439. The zero-order valence-corrected chi connectivity index (χ0v) is 9.36. The summed E-state index contributed by atoms with van der Waals surface area (Å²) in [6.07, 6.45) is 3.92. The van der Waals surface area contributed by atoms with E-state index in [-0.39, 0.29) is 0 Å². The van der Waals surface area contributed by atoms with Gasteiger partial charge in [0.05, 0.1) is 6.33 Å². The molecule has 0 aliphatic rings. The van der Waals surface area contributed by atoms with E-state index >= 15 is 0 Å². The Morgan fingerprint density at radius 3 is 2.57 bits per heavy atom. The summed E-state index contributed by atoms with van der Waals surface area (Å²) in [5.41, 5.74) is 2.27. The fraction of sp³-hybridized carbons (Fsp3) is 0.417. The second kappa shape index (κ2) is 4.80. The lowest BCUT2D eigenvalue weighted by atomic mass is 10.2. The summed E-state index contributed by atoms with van der Waals surface area (Å²) in [5.74, 6) is 0. The van der Waals surface area contributed by atoms with Crippen LogP contribution in [0.4, 0.5) is 0 Å². The average molecular weight is 190 g/mol. The molecule has 0 aromatic carbocycles. The van der Waals surface area contributed by atoms with Crippen LogP contribution in [0.5, 0.6) is 0 Å². The molecule has 0 bridgehead atoms. The molecule has 0 aliphatic carbocycles. The van der Waals surface area contributed by atoms with Gasteiger partial charge in [0, 0.05) is 17.9 Å². The minimum Gasteiger partial charge on any atom is -0.337 e. The van der Waals surface area contributed by atoms with Crippen molar-refractivity contribution in [2.75, 3.05) is 0 Å². The molecule has 14 heavy (non-hydrogen) atoms. The number of aryl methyl sites for hydroxylation is 2. The van der Waals surface area contributed by atoms with Gasteiger partial charge in [0.25, 0.3) is 0 Å². The first-order valence-corrected chi connectivity index (χ1v) is 4.95. The second-order valence-corrected chi connectivity index (χ2v) is 3.75. The van der Waals surface area contributed by atoms with Crippen molar-refractivity contribution in [3.05, 3.63) is 42.0 Å². The van der Waals surface area contributed by atoms with Gasteiger partial charge in [-0.15, -0.1) is 0 Å². The molecule has 1 aromatic rings. The molecule has 1 heterocycles. The minimum atomic E-state index is 0.439.